The number of methoxy groups -OCH3 is 1. The molecule has 0 unspecified atom stereocenters. The summed E-state index contributed by atoms with van der Waals surface area (Å²) in [6.07, 6.45) is 0. The fourth-order valence-electron chi connectivity index (χ4n) is 1.64. The largest absolute Gasteiger partial charge is 0.497 e. The Morgan fingerprint density at radius 1 is 1.19 bits per heavy atom. The molecule has 2 aromatic rings. The molecule has 21 heavy (non-hydrogen) atoms. The second kappa shape index (κ2) is 5.81. The SMILES string of the molecule is COc1ccc(S(=O)(=O)Nc2ccc(F)c(C#N)c2)cc1. The van der Waals surface area contributed by atoms with Gasteiger partial charge in [0.25, 0.3) is 10.0 Å². The van der Waals surface area contributed by atoms with E-state index in [1.807, 2.05) is 0 Å². The van der Waals surface area contributed by atoms with Crippen molar-refractivity contribution in [1.82, 2.24) is 0 Å². The maximum absolute atomic E-state index is 13.2. The standard InChI is InChI=1S/C14H11FN2O3S/c1-20-12-3-5-13(6-4-12)21(18,19)17-11-2-7-14(15)10(8-11)9-16/h2-8,17H,1H3. The van der Waals surface area contributed by atoms with Crippen LogP contribution in [0.25, 0.3) is 0 Å². The number of anilines is 1. The Labute approximate surface area is 121 Å². The van der Waals surface area contributed by atoms with Crippen LogP contribution in [0, 0.1) is 17.1 Å². The van der Waals surface area contributed by atoms with E-state index in [9.17, 15) is 12.8 Å². The lowest BCUT2D eigenvalue weighted by atomic mass is 10.2. The molecule has 1 N–H and O–H groups in total. The van der Waals surface area contributed by atoms with Crippen molar-refractivity contribution < 1.29 is 17.5 Å². The third kappa shape index (κ3) is 3.30. The molecule has 0 atom stereocenters. The first-order valence-electron chi connectivity index (χ1n) is 5.83. The smallest absolute Gasteiger partial charge is 0.261 e. The van der Waals surface area contributed by atoms with Crippen LogP contribution in [0.5, 0.6) is 5.75 Å². The second-order valence-corrected chi connectivity index (χ2v) is 5.77. The van der Waals surface area contributed by atoms with Crippen LogP contribution in [0.2, 0.25) is 0 Å². The van der Waals surface area contributed by atoms with Gasteiger partial charge in [-0.2, -0.15) is 5.26 Å². The molecule has 0 spiro atoms. The van der Waals surface area contributed by atoms with Gasteiger partial charge >= 0.3 is 0 Å². The molecule has 0 heterocycles. The van der Waals surface area contributed by atoms with E-state index in [1.54, 1.807) is 6.07 Å². The van der Waals surface area contributed by atoms with Gasteiger partial charge in [-0.05, 0) is 42.5 Å². The van der Waals surface area contributed by atoms with Gasteiger partial charge in [0, 0.05) is 0 Å². The number of nitriles is 1. The summed E-state index contributed by atoms with van der Waals surface area (Å²) in [4.78, 5) is 0.0335. The molecule has 0 saturated carbocycles. The van der Waals surface area contributed by atoms with Crippen LogP contribution in [0.15, 0.2) is 47.4 Å². The Bertz CT molecular complexity index is 796. The summed E-state index contributed by atoms with van der Waals surface area (Å²) in [5, 5.41) is 8.73. The Kier molecular flexibility index (Phi) is 4.10. The van der Waals surface area contributed by atoms with Crippen molar-refractivity contribution in [3.05, 3.63) is 53.8 Å². The summed E-state index contributed by atoms with van der Waals surface area (Å²) in [7, 11) is -2.34. The predicted molar refractivity (Wildman–Crippen MR) is 74.9 cm³/mol. The Balaban J connectivity index is 2.30. The normalized spacial score (nSPS) is 10.7. The van der Waals surface area contributed by atoms with Crippen LogP contribution in [0.3, 0.4) is 0 Å². The number of benzene rings is 2. The molecule has 0 aliphatic rings. The molecule has 5 nitrogen and oxygen atoms in total. The first-order chi connectivity index (χ1) is 9.96. The average molecular weight is 306 g/mol. The highest BCUT2D eigenvalue weighted by Crippen LogP contribution is 2.20. The molecule has 7 heteroatoms. The van der Waals surface area contributed by atoms with Gasteiger partial charge in [-0.3, -0.25) is 4.72 Å². The van der Waals surface area contributed by atoms with Crippen molar-refractivity contribution in [2.24, 2.45) is 0 Å². The molecule has 0 fully saturated rings. The van der Waals surface area contributed by atoms with Crippen LogP contribution in [-0.2, 0) is 10.0 Å². The van der Waals surface area contributed by atoms with Crippen molar-refractivity contribution in [3.63, 3.8) is 0 Å². The zero-order chi connectivity index (χ0) is 15.5. The lowest BCUT2D eigenvalue weighted by molar-refractivity contribution is 0.414. The number of rotatable bonds is 4. The summed E-state index contributed by atoms with van der Waals surface area (Å²) in [5.74, 6) is -0.174. The quantitative estimate of drug-likeness (QED) is 0.941. The number of sulfonamides is 1. The van der Waals surface area contributed by atoms with Crippen molar-refractivity contribution in [2.45, 2.75) is 4.90 Å². The van der Waals surface area contributed by atoms with E-state index in [1.165, 1.54) is 37.4 Å². The fraction of sp³-hybridized carbons (Fsp3) is 0.0714. The highest BCUT2D eigenvalue weighted by atomic mass is 32.2. The third-order valence-corrected chi connectivity index (χ3v) is 4.11. The highest BCUT2D eigenvalue weighted by Gasteiger charge is 2.15. The van der Waals surface area contributed by atoms with Crippen LogP contribution >= 0.6 is 0 Å². The van der Waals surface area contributed by atoms with Crippen molar-refractivity contribution in [1.29, 1.82) is 5.26 Å². The second-order valence-electron chi connectivity index (χ2n) is 4.09. The van der Waals surface area contributed by atoms with Crippen LogP contribution in [0.4, 0.5) is 10.1 Å². The Morgan fingerprint density at radius 3 is 2.43 bits per heavy atom. The van der Waals surface area contributed by atoms with Gasteiger partial charge < -0.3 is 4.74 Å². The molecule has 0 aliphatic carbocycles. The van der Waals surface area contributed by atoms with Crippen LogP contribution < -0.4 is 9.46 Å². The zero-order valence-electron chi connectivity index (χ0n) is 11.0. The molecule has 108 valence electrons. The van der Waals surface area contributed by atoms with E-state index >= 15 is 0 Å². The van der Waals surface area contributed by atoms with Gasteiger partial charge in [0.15, 0.2) is 0 Å². The maximum atomic E-state index is 13.2. The highest BCUT2D eigenvalue weighted by molar-refractivity contribution is 7.92. The summed E-state index contributed by atoms with van der Waals surface area (Å²) in [5.41, 5.74) is -0.117. The number of nitrogens with zero attached hydrogens (tertiary/aromatic N) is 1. The van der Waals surface area contributed by atoms with E-state index in [4.69, 9.17) is 10.00 Å². The molecule has 2 rings (SSSR count). The molecule has 0 aliphatic heterocycles. The van der Waals surface area contributed by atoms with Crippen molar-refractivity contribution in [3.8, 4) is 11.8 Å². The fourth-order valence-corrected chi connectivity index (χ4v) is 2.69. The minimum Gasteiger partial charge on any atom is -0.497 e. The molecule has 0 saturated heterocycles. The minimum atomic E-state index is -3.81. The topological polar surface area (TPSA) is 79.2 Å². The van der Waals surface area contributed by atoms with E-state index in [0.29, 0.717) is 5.75 Å². The van der Waals surface area contributed by atoms with E-state index < -0.39 is 15.8 Å². The average Bonchev–Trinajstić information content (AvgIpc) is 2.49. The van der Waals surface area contributed by atoms with Gasteiger partial charge in [0.1, 0.15) is 17.6 Å². The van der Waals surface area contributed by atoms with Crippen LogP contribution in [-0.4, -0.2) is 15.5 Å². The molecular weight excluding hydrogens is 295 g/mol. The summed E-state index contributed by atoms with van der Waals surface area (Å²) in [6, 6.07) is 10.9. The summed E-state index contributed by atoms with van der Waals surface area (Å²) >= 11 is 0. The van der Waals surface area contributed by atoms with E-state index in [0.717, 1.165) is 12.1 Å². The first kappa shape index (κ1) is 14.8. The minimum absolute atomic E-state index is 0.0335. The molecule has 2 aromatic carbocycles. The van der Waals surface area contributed by atoms with Gasteiger partial charge in [-0.1, -0.05) is 0 Å². The zero-order valence-corrected chi connectivity index (χ0v) is 11.8. The molecule has 0 amide bonds. The van der Waals surface area contributed by atoms with Crippen molar-refractivity contribution >= 4 is 15.7 Å². The molecule has 0 aromatic heterocycles. The van der Waals surface area contributed by atoms with Crippen molar-refractivity contribution in [2.75, 3.05) is 11.8 Å². The molecule has 0 radical (unpaired) electrons. The van der Waals surface area contributed by atoms with Crippen LogP contribution in [0.1, 0.15) is 5.56 Å². The predicted octanol–water partition coefficient (Wildman–Crippen LogP) is 2.51. The van der Waals surface area contributed by atoms with E-state index in [2.05, 4.69) is 4.72 Å². The number of hydrogen-bond donors (Lipinski definition) is 1. The molecular formula is C14H11FN2O3S. The van der Waals surface area contributed by atoms with Gasteiger partial charge in [0.05, 0.1) is 23.3 Å². The first-order valence-corrected chi connectivity index (χ1v) is 7.31. The number of nitrogens with one attached hydrogen (secondary N) is 1. The maximum Gasteiger partial charge on any atom is 0.261 e. The van der Waals surface area contributed by atoms with Gasteiger partial charge in [-0.15, -0.1) is 0 Å². The Hall–Kier alpha value is -2.59. The number of halogens is 1. The number of ether oxygens (including phenoxy) is 1. The van der Waals surface area contributed by atoms with Gasteiger partial charge in [0.2, 0.25) is 0 Å². The van der Waals surface area contributed by atoms with Gasteiger partial charge in [-0.25, -0.2) is 12.8 Å². The lowest BCUT2D eigenvalue weighted by Gasteiger charge is -2.09. The monoisotopic (exact) mass is 306 g/mol. The van der Waals surface area contributed by atoms with E-state index in [-0.39, 0.29) is 16.1 Å². The lowest BCUT2D eigenvalue weighted by Crippen LogP contribution is -2.13. The number of hydrogen-bond acceptors (Lipinski definition) is 4. The third-order valence-electron chi connectivity index (χ3n) is 2.71. The Morgan fingerprint density at radius 2 is 1.86 bits per heavy atom. The molecule has 0 bridgehead atoms. The summed E-state index contributed by atoms with van der Waals surface area (Å²) < 4.78 is 44.7. The summed E-state index contributed by atoms with van der Waals surface area (Å²) in [6.45, 7) is 0.